The van der Waals surface area contributed by atoms with Crippen molar-refractivity contribution in [3.63, 3.8) is 0 Å². The highest BCUT2D eigenvalue weighted by molar-refractivity contribution is 5.42. The minimum Gasteiger partial charge on any atom is -0.356 e. The van der Waals surface area contributed by atoms with Crippen LogP contribution in [0, 0.1) is 0 Å². The SMILES string of the molecule is Cn1c(N2CC[C@@H](Nc3ncc4c(n3)CCCC4)C2)cc(=O)n(C)c1=O. The summed E-state index contributed by atoms with van der Waals surface area (Å²) in [6.45, 7) is 1.49. The molecule has 1 saturated heterocycles. The zero-order chi connectivity index (χ0) is 18.3. The molecule has 1 N–H and O–H groups in total. The van der Waals surface area contributed by atoms with Crippen LogP contribution in [0.4, 0.5) is 11.8 Å². The van der Waals surface area contributed by atoms with Crippen molar-refractivity contribution < 1.29 is 0 Å². The van der Waals surface area contributed by atoms with Gasteiger partial charge in [0.15, 0.2) is 0 Å². The Labute approximate surface area is 151 Å². The fourth-order valence-corrected chi connectivity index (χ4v) is 3.84. The Morgan fingerprint density at radius 3 is 2.81 bits per heavy atom. The van der Waals surface area contributed by atoms with Crippen LogP contribution in [-0.4, -0.2) is 38.2 Å². The number of rotatable bonds is 3. The molecule has 0 radical (unpaired) electrons. The molecule has 3 heterocycles. The van der Waals surface area contributed by atoms with E-state index in [1.54, 1.807) is 7.05 Å². The quantitative estimate of drug-likeness (QED) is 0.859. The van der Waals surface area contributed by atoms with Crippen molar-refractivity contribution in [1.82, 2.24) is 19.1 Å². The van der Waals surface area contributed by atoms with Crippen LogP contribution < -0.4 is 21.5 Å². The first-order valence-electron chi connectivity index (χ1n) is 9.16. The highest BCUT2D eigenvalue weighted by atomic mass is 16.2. The molecule has 8 nitrogen and oxygen atoms in total. The van der Waals surface area contributed by atoms with Gasteiger partial charge in [-0.2, -0.15) is 0 Å². The topological polar surface area (TPSA) is 85.1 Å². The van der Waals surface area contributed by atoms with Crippen LogP contribution in [0.5, 0.6) is 0 Å². The lowest BCUT2D eigenvalue weighted by molar-refractivity contribution is 0.660. The van der Waals surface area contributed by atoms with E-state index in [-0.39, 0.29) is 17.3 Å². The number of anilines is 2. The first-order chi connectivity index (χ1) is 12.5. The summed E-state index contributed by atoms with van der Waals surface area (Å²) < 4.78 is 2.65. The summed E-state index contributed by atoms with van der Waals surface area (Å²) in [6.07, 6.45) is 7.36. The van der Waals surface area contributed by atoms with Crippen molar-refractivity contribution in [2.24, 2.45) is 14.1 Å². The first kappa shape index (κ1) is 16.8. The van der Waals surface area contributed by atoms with Crippen molar-refractivity contribution >= 4 is 11.8 Å². The van der Waals surface area contributed by atoms with E-state index in [2.05, 4.69) is 20.2 Å². The van der Waals surface area contributed by atoms with E-state index in [1.807, 2.05) is 6.20 Å². The predicted octanol–water partition coefficient (Wildman–Crippen LogP) is 0.444. The smallest absolute Gasteiger partial charge is 0.332 e. The number of nitrogens with one attached hydrogen (secondary N) is 1. The van der Waals surface area contributed by atoms with Crippen LogP contribution in [0.3, 0.4) is 0 Å². The average molecular weight is 356 g/mol. The summed E-state index contributed by atoms with van der Waals surface area (Å²) in [7, 11) is 3.20. The minimum atomic E-state index is -0.304. The zero-order valence-corrected chi connectivity index (χ0v) is 15.2. The predicted molar refractivity (Wildman–Crippen MR) is 99.8 cm³/mol. The summed E-state index contributed by atoms with van der Waals surface area (Å²) >= 11 is 0. The lowest BCUT2D eigenvalue weighted by Crippen LogP contribution is -2.40. The van der Waals surface area contributed by atoms with Gasteiger partial charge in [0.05, 0.1) is 0 Å². The van der Waals surface area contributed by atoms with E-state index in [0.717, 1.165) is 36.1 Å². The molecule has 0 aromatic carbocycles. The maximum Gasteiger partial charge on any atom is 0.332 e. The number of hydrogen-bond acceptors (Lipinski definition) is 6. The molecule has 0 spiro atoms. The maximum atomic E-state index is 12.1. The molecular weight excluding hydrogens is 332 g/mol. The average Bonchev–Trinajstić information content (AvgIpc) is 3.11. The Balaban J connectivity index is 1.49. The van der Waals surface area contributed by atoms with Crippen molar-refractivity contribution in [2.45, 2.75) is 38.1 Å². The second-order valence-corrected chi connectivity index (χ2v) is 7.19. The number of nitrogens with zero attached hydrogens (tertiary/aromatic N) is 5. The van der Waals surface area contributed by atoms with Gasteiger partial charge in [-0.05, 0) is 37.7 Å². The number of aryl methyl sites for hydroxylation is 2. The second kappa shape index (κ2) is 6.59. The molecule has 0 unspecified atom stereocenters. The molecule has 0 saturated carbocycles. The van der Waals surface area contributed by atoms with E-state index < -0.39 is 0 Å². The lowest BCUT2D eigenvalue weighted by atomic mass is 9.98. The molecule has 2 aromatic rings. The molecule has 1 aliphatic carbocycles. The second-order valence-electron chi connectivity index (χ2n) is 7.19. The van der Waals surface area contributed by atoms with E-state index in [9.17, 15) is 9.59 Å². The van der Waals surface area contributed by atoms with Gasteiger partial charge in [-0.3, -0.25) is 13.9 Å². The van der Waals surface area contributed by atoms with Crippen molar-refractivity contribution in [1.29, 1.82) is 0 Å². The van der Waals surface area contributed by atoms with Gasteiger partial charge in [-0.15, -0.1) is 0 Å². The lowest BCUT2D eigenvalue weighted by Gasteiger charge is -2.22. The van der Waals surface area contributed by atoms with E-state index >= 15 is 0 Å². The fraction of sp³-hybridized carbons (Fsp3) is 0.556. The van der Waals surface area contributed by atoms with Gasteiger partial charge in [0.2, 0.25) is 5.95 Å². The minimum absolute atomic E-state index is 0.191. The van der Waals surface area contributed by atoms with Crippen LogP contribution in [0.1, 0.15) is 30.5 Å². The Bertz CT molecular complexity index is 948. The number of fused-ring (bicyclic) bond motifs is 1. The summed E-state index contributed by atoms with van der Waals surface area (Å²) in [6, 6.07) is 1.72. The third-order valence-electron chi connectivity index (χ3n) is 5.41. The number of aromatic nitrogens is 4. The summed E-state index contributed by atoms with van der Waals surface area (Å²) in [4.78, 5) is 35.3. The first-order valence-corrected chi connectivity index (χ1v) is 9.16. The van der Waals surface area contributed by atoms with E-state index in [0.29, 0.717) is 18.3 Å². The van der Waals surface area contributed by atoms with Crippen molar-refractivity contribution in [2.75, 3.05) is 23.3 Å². The molecule has 1 atom stereocenters. The van der Waals surface area contributed by atoms with Gasteiger partial charge >= 0.3 is 5.69 Å². The van der Waals surface area contributed by atoms with Crippen LogP contribution in [-0.2, 0) is 26.9 Å². The molecular formula is C18H24N6O2. The molecule has 0 bridgehead atoms. The normalized spacial score (nSPS) is 19.5. The van der Waals surface area contributed by atoms with Crippen molar-refractivity contribution in [3.8, 4) is 0 Å². The van der Waals surface area contributed by atoms with Gasteiger partial charge in [-0.25, -0.2) is 14.8 Å². The van der Waals surface area contributed by atoms with E-state index in [1.165, 1.54) is 36.1 Å². The van der Waals surface area contributed by atoms with Gasteiger partial charge in [0.1, 0.15) is 5.82 Å². The molecule has 0 amide bonds. The highest BCUT2D eigenvalue weighted by Crippen LogP contribution is 2.22. The van der Waals surface area contributed by atoms with Gasteiger partial charge in [0, 0.05) is 51.2 Å². The van der Waals surface area contributed by atoms with Crippen LogP contribution >= 0.6 is 0 Å². The summed E-state index contributed by atoms with van der Waals surface area (Å²) in [5, 5.41) is 3.42. The molecule has 2 aromatic heterocycles. The monoisotopic (exact) mass is 356 g/mol. The van der Waals surface area contributed by atoms with Crippen LogP contribution in [0.2, 0.25) is 0 Å². The number of hydrogen-bond donors (Lipinski definition) is 1. The molecule has 138 valence electrons. The maximum absolute atomic E-state index is 12.1. The standard InChI is InChI=1S/C18H24N6O2/c1-22-15(9-16(25)23(2)18(22)26)24-8-7-13(11-24)20-17-19-10-12-5-3-4-6-14(12)21-17/h9-10,13H,3-8,11H2,1-2H3,(H,19,20,21)/t13-/m1/s1. The van der Waals surface area contributed by atoms with Crippen molar-refractivity contribution in [3.05, 3.63) is 44.4 Å². The zero-order valence-electron chi connectivity index (χ0n) is 15.2. The van der Waals surface area contributed by atoms with Gasteiger partial charge < -0.3 is 10.2 Å². The largest absolute Gasteiger partial charge is 0.356 e. The van der Waals surface area contributed by atoms with Crippen LogP contribution in [0.15, 0.2) is 21.9 Å². The molecule has 2 aliphatic rings. The third kappa shape index (κ3) is 3.00. The summed E-state index contributed by atoms with van der Waals surface area (Å²) in [5.74, 6) is 1.34. The highest BCUT2D eigenvalue weighted by Gasteiger charge is 2.26. The Kier molecular flexibility index (Phi) is 4.26. The molecule has 26 heavy (non-hydrogen) atoms. The molecule has 4 rings (SSSR count). The molecule has 1 fully saturated rings. The van der Waals surface area contributed by atoms with Gasteiger partial charge in [0.25, 0.3) is 5.56 Å². The molecule has 1 aliphatic heterocycles. The van der Waals surface area contributed by atoms with Crippen LogP contribution in [0.25, 0.3) is 0 Å². The third-order valence-corrected chi connectivity index (χ3v) is 5.41. The van der Waals surface area contributed by atoms with Gasteiger partial charge in [-0.1, -0.05) is 0 Å². The fourth-order valence-electron chi connectivity index (χ4n) is 3.84. The summed E-state index contributed by atoms with van der Waals surface area (Å²) in [5.41, 5.74) is 1.85. The van der Waals surface area contributed by atoms with E-state index in [4.69, 9.17) is 0 Å². The Hall–Kier alpha value is -2.64. The Morgan fingerprint density at radius 1 is 1.15 bits per heavy atom. The Morgan fingerprint density at radius 2 is 1.96 bits per heavy atom. The molecule has 8 heteroatoms.